The Morgan fingerprint density at radius 1 is 1.24 bits per heavy atom. The number of anilines is 2. The molecule has 0 radical (unpaired) electrons. The number of benzene rings is 1. The van der Waals surface area contributed by atoms with Crippen molar-refractivity contribution in [3.63, 3.8) is 0 Å². The first-order valence-electron chi connectivity index (χ1n) is 11.3. The maximum atomic E-state index is 12.1. The van der Waals surface area contributed by atoms with Crippen LogP contribution in [0.25, 0.3) is 0 Å². The molecule has 1 aromatic carbocycles. The van der Waals surface area contributed by atoms with Crippen LogP contribution in [0.1, 0.15) is 61.5 Å². The lowest BCUT2D eigenvalue weighted by Crippen LogP contribution is -2.48. The minimum Gasteiger partial charge on any atom is -0.481 e. The minimum atomic E-state index is -1.01. The lowest BCUT2D eigenvalue weighted by Gasteiger charge is -2.43. The molecule has 174 valence electrons. The average molecular weight is 451 g/mol. The summed E-state index contributed by atoms with van der Waals surface area (Å²) in [5.41, 5.74) is 6.18. The van der Waals surface area contributed by atoms with E-state index in [0.29, 0.717) is 23.1 Å². The third kappa shape index (κ3) is 4.44. The molecule has 0 spiro atoms. The molecule has 9 heteroatoms. The Morgan fingerprint density at radius 3 is 2.48 bits per heavy atom. The molecule has 2 fully saturated rings. The van der Waals surface area contributed by atoms with Crippen molar-refractivity contribution in [2.24, 2.45) is 11.7 Å². The molecule has 1 aliphatic carbocycles. The highest BCUT2D eigenvalue weighted by Gasteiger charge is 2.37. The second-order valence-corrected chi connectivity index (χ2v) is 9.53. The van der Waals surface area contributed by atoms with Gasteiger partial charge in [-0.15, -0.1) is 0 Å². The molecular formula is C24H30N6O3. The van der Waals surface area contributed by atoms with Crippen molar-refractivity contribution < 1.29 is 14.7 Å². The molecule has 2 aliphatic rings. The van der Waals surface area contributed by atoms with Gasteiger partial charge in [0.25, 0.3) is 5.91 Å². The average Bonchev–Trinajstić information content (AvgIpc) is 3.16. The molecular weight excluding hydrogens is 420 g/mol. The predicted molar refractivity (Wildman–Crippen MR) is 123 cm³/mol. The van der Waals surface area contributed by atoms with Crippen molar-refractivity contribution in [2.75, 3.05) is 18.4 Å². The van der Waals surface area contributed by atoms with Crippen LogP contribution in [0.3, 0.4) is 0 Å². The Morgan fingerprint density at radius 2 is 1.94 bits per heavy atom. The number of carboxylic acid groups (broad SMARTS) is 1. The Kier molecular flexibility index (Phi) is 6.13. The zero-order valence-electron chi connectivity index (χ0n) is 19.0. The van der Waals surface area contributed by atoms with Gasteiger partial charge in [-0.05, 0) is 70.3 Å². The number of likely N-dealkylation sites (tertiary alicyclic amines) is 1. The van der Waals surface area contributed by atoms with Gasteiger partial charge in [0.05, 0.1) is 23.4 Å². The van der Waals surface area contributed by atoms with Gasteiger partial charge < -0.3 is 21.1 Å². The van der Waals surface area contributed by atoms with Crippen molar-refractivity contribution in [3.8, 4) is 6.07 Å². The van der Waals surface area contributed by atoms with E-state index in [1.807, 2.05) is 0 Å². The van der Waals surface area contributed by atoms with Gasteiger partial charge >= 0.3 is 5.97 Å². The number of carboxylic acids is 1. The smallest absolute Gasteiger partial charge is 0.313 e. The van der Waals surface area contributed by atoms with E-state index in [1.54, 1.807) is 49.0 Å². The number of primary amides is 1. The van der Waals surface area contributed by atoms with Gasteiger partial charge in [-0.1, -0.05) is 12.1 Å². The van der Waals surface area contributed by atoms with Gasteiger partial charge in [0.15, 0.2) is 5.82 Å². The van der Waals surface area contributed by atoms with E-state index >= 15 is 0 Å². The highest BCUT2D eigenvalue weighted by molar-refractivity contribution is 5.98. The topological polar surface area (TPSA) is 137 Å². The lowest BCUT2D eigenvalue weighted by atomic mass is 9.81. The van der Waals surface area contributed by atoms with Gasteiger partial charge in [-0.2, -0.15) is 10.4 Å². The fraction of sp³-hybridized carbons (Fsp3) is 0.500. The number of nitrogens with zero attached hydrogens (tertiary/aromatic N) is 4. The van der Waals surface area contributed by atoms with Crippen LogP contribution in [0.2, 0.25) is 0 Å². The van der Waals surface area contributed by atoms with Crippen LogP contribution in [-0.2, 0) is 10.2 Å². The maximum absolute atomic E-state index is 12.1. The molecule has 2 aromatic rings. The summed E-state index contributed by atoms with van der Waals surface area (Å²) in [4.78, 5) is 26.0. The molecule has 1 amide bonds. The number of amides is 1. The molecule has 4 N–H and O–H groups in total. The van der Waals surface area contributed by atoms with E-state index in [1.165, 1.54) is 6.42 Å². The van der Waals surface area contributed by atoms with E-state index < -0.39 is 17.3 Å². The zero-order valence-corrected chi connectivity index (χ0v) is 19.0. The highest BCUT2D eigenvalue weighted by atomic mass is 16.4. The van der Waals surface area contributed by atoms with Crippen molar-refractivity contribution in [1.29, 1.82) is 5.26 Å². The van der Waals surface area contributed by atoms with Crippen LogP contribution in [0.5, 0.6) is 0 Å². The molecule has 1 saturated carbocycles. The van der Waals surface area contributed by atoms with Crippen LogP contribution in [0.4, 0.5) is 11.5 Å². The molecule has 1 aliphatic heterocycles. The summed E-state index contributed by atoms with van der Waals surface area (Å²) in [5, 5.41) is 27.0. The van der Waals surface area contributed by atoms with Crippen LogP contribution in [0.15, 0.2) is 30.5 Å². The fourth-order valence-corrected chi connectivity index (χ4v) is 4.69. The highest BCUT2D eigenvalue weighted by Crippen LogP contribution is 2.38. The lowest BCUT2D eigenvalue weighted by molar-refractivity contribution is -0.142. The van der Waals surface area contributed by atoms with Crippen molar-refractivity contribution >= 4 is 23.4 Å². The number of carbonyl (C=O) groups excluding carboxylic acids is 1. The predicted octanol–water partition coefficient (Wildman–Crippen LogP) is 3.03. The minimum absolute atomic E-state index is 0.111. The normalized spacial score (nSPS) is 23.4. The maximum Gasteiger partial charge on any atom is 0.313 e. The quantitative estimate of drug-likeness (QED) is 0.589. The Labute approximate surface area is 193 Å². The van der Waals surface area contributed by atoms with Gasteiger partial charge in [-0.25, -0.2) is 0 Å². The van der Waals surface area contributed by atoms with E-state index in [0.717, 1.165) is 32.4 Å². The number of aliphatic carboxylic acids is 1. The summed E-state index contributed by atoms with van der Waals surface area (Å²) in [7, 11) is 0. The second-order valence-electron chi connectivity index (χ2n) is 9.53. The first-order chi connectivity index (χ1) is 15.7. The van der Waals surface area contributed by atoms with E-state index in [-0.39, 0.29) is 17.5 Å². The molecule has 33 heavy (non-hydrogen) atoms. The number of rotatable bonds is 7. The molecule has 3 atom stereocenters. The van der Waals surface area contributed by atoms with E-state index in [2.05, 4.69) is 21.4 Å². The second kappa shape index (κ2) is 8.87. The van der Waals surface area contributed by atoms with Crippen LogP contribution in [0, 0.1) is 17.2 Å². The fourth-order valence-electron chi connectivity index (χ4n) is 4.69. The first-order valence-corrected chi connectivity index (χ1v) is 11.3. The monoisotopic (exact) mass is 450 g/mol. The van der Waals surface area contributed by atoms with Gasteiger partial charge in [0, 0.05) is 17.9 Å². The van der Waals surface area contributed by atoms with Crippen LogP contribution >= 0.6 is 0 Å². The van der Waals surface area contributed by atoms with E-state index in [9.17, 15) is 20.0 Å². The third-order valence-corrected chi connectivity index (χ3v) is 7.10. The number of nitrogens with two attached hydrogens (primary N) is 1. The Bertz CT molecular complexity index is 1080. The van der Waals surface area contributed by atoms with Crippen molar-refractivity contribution in [3.05, 3.63) is 41.6 Å². The summed E-state index contributed by atoms with van der Waals surface area (Å²) in [5.74, 6) is -1.37. The molecule has 0 bridgehead atoms. The summed E-state index contributed by atoms with van der Waals surface area (Å²) in [6.45, 7) is 5.51. The van der Waals surface area contributed by atoms with Gasteiger partial charge in [-0.3, -0.25) is 14.3 Å². The van der Waals surface area contributed by atoms with Gasteiger partial charge in [0.2, 0.25) is 0 Å². The first kappa shape index (κ1) is 22.8. The molecule has 0 unspecified atom stereocenters. The summed E-state index contributed by atoms with van der Waals surface area (Å²) < 4.78 is 1.71. The molecule has 1 aromatic heterocycles. The third-order valence-electron chi connectivity index (χ3n) is 7.10. The van der Waals surface area contributed by atoms with Crippen molar-refractivity contribution in [1.82, 2.24) is 14.7 Å². The number of carbonyl (C=O) groups is 2. The molecule has 9 nitrogen and oxygen atoms in total. The SMILES string of the molecule is CC(C)(C(=O)O)c1ccc(Nc2nn([C@H]3CC[C@@H](N4CCC4)C[C@@H]3C#N)cc2C(N)=O)cc1. The number of nitriles is 1. The molecule has 4 rings (SSSR count). The summed E-state index contributed by atoms with van der Waals surface area (Å²) in [6.07, 6.45) is 5.47. The zero-order chi connectivity index (χ0) is 23.8. The number of hydrogen-bond acceptors (Lipinski definition) is 6. The summed E-state index contributed by atoms with van der Waals surface area (Å²) >= 11 is 0. The van der Waals surface area contributed by atoms with E-state index in [4.69, 9.17) is 5.73 Å². The van der Waals surface area contributed by atoms with Gasteiger partial charge in [0.1, 0.15) is 5.56 Å². The Hall–Kier alpha value is -3.38. The van der Waals surface area contributed by atoms with Crippen LogP contribution in [-0.4, -0.2) is 50.8 Å². The number of nitrogens with one attached hydrogen (secondary N) is 1. The largest absolute Gasteiger partial charge is 0.481 e. The summed E-state index contributed by atoms with van der Waals surface area (Å²) in [6, 6.07) is 9.75. The molecule has 1 saturated heterocycles. The van der Waals surface area contributed by atoms with Crippen LogP contribution < -0.4 is 11.1 Å². The molecule has 2 heterocycles. The Balaban J connectivity index is 1.54. The van der Waals surface area contributed by atoms with Crippen molar-refractivity contribution in [2.45, 2.75) is 57.0 Å². The number of aromatic nitrogens is 2. The number of hydrogen-bond donors (Lipinski definition) is 3. The standard InChI is InChI=1S/C24H30N6O3/c1-24(2,23(32)33)16-4-6-17(7-5-16)27-22-19(21(26)31)14-30(28-22)20-9-8-18(12-15(20)13-25)29-10-3-11-29/h4-7,14-15,18,20H,3,8-12H2,1-2H3,(H2,26,31)(H,27,28)(H,32,33)/t15-,18-,20+/m1/s1.